The van der Waals surface area contributed by atoms with E-state index in [9.17, 15) is 5.26 Å². The van der Waals surface area contributed by atoms with Gasteiger partial charge in [-0.2, -0.15) is 15.8 Å². The SMILES string of the molecule is COc1cc(C2N=C(NC#N)Nc3nc(N)c(C#N)c(N)c32)cc(I)c1OCC#N. The summed E-state index contributed by atoms with van der Waals surface area (Å²) < 4.78 is 11.6. The summed E-state index contributed by atoms with van der Waals surface area (Å²) in [4.78, 5) is 8.72. The van der Waals surface area contributed by atoms with Gasteiger partial charge in [0.2, 0.25) is 5.96 Å². The number of ether oxygens (including phenoxy) is 2. The number of anilines is 3. The van der Waals surface area contributed by atoms with Gasteiger partial charge in [0.25, 0.3) is 0 Å². The zero-order valence-electron chi connectivity index (χ0n) is 15.5. The number of rotatable bonds is 4. The van der Waals surface area contributed by atoms with E-state index in [1.807, 2.05) is 12.1 Å². The van der Waals surface area contributed by atoms with Gasteiger partial charge in [-0.1, -0.05) is 0 Å². The maximum absolute atomic E-state index is 9.41. The molecule has 2 heterocycles. The molecule has 0 radical (unpaired) electrons. The van der Waals surface area contributed by atoms with Crippen LogP contribution < -0.4 is 31.6 Å². The van der Waals surface area contributed by atoms with Crippen molar-refractivity contribution in [2.45, 2.75) is 6.04 Å². The second-order valence-corrected chi connectivity index (χ2v) is 7.04. The molecule has 0 saturated carbocycles. The summed E-state index contributed by atoms with van der Waals surface area (Å²) in [5.41, 5.74) is 13.3. The largest absolute Gasteiger partial charge is 0.493 e. The van der Waals surface area contributed by atoms with E-state index < -0.39 is 6.04 Å². The van der Waals surface area contributed by atoms with Gasteiger partial charge in [0.05, 0.1) is 16.4 Å². The van der Waals surface area contributed by atoms with Crippen molar-refractivity contribution in [3.05, 3.63) is 32.4 Å². The third-order valence-electron chi connectivity index (χ3n) is 4.21. The number of nitrogens with zero attached hydrogens (tertiary/aromatic N) is 5. The summed E-state index contributed by atoms with van der Waals surface area (Å²) in [5.74, 6) is 1.19. The Morgan fingerprint density at radius 1 is 1.30 bits per heavy atom. The Bertz CT molecular complexity index is 1170. The molecule has 3 rings (SSSR count). The lowest BCUT2D eigenvalue weighted by molar-refractivity contribution is 0.327. The first-order chi connectivity index (χ1) is 14.4. The van der Waals surface area contributed by atoms with E-state index in [1.165, 1.54) is 7.11 Å². The number of benzene rings is 1. The molecule has 12 heteroatoms. The van der Waals surface area contributed by atoms with Crippen molar-refractivity contribution in [2.75, 3.05) is 30.5 Å². The molecule has 0 saturated heterocycles. The predicted molar refractivity (Wildman–Crippen MR) is 116 cm³/mol. The van der Waals surface area contributed by atoms with Gasteiger partial charge < -0.3 is 26.3 Å². The van der Waals surface area contributed by atoms with Crippen LogP contribution in [0.5, 0.6) is 11.5 Å². The Morgan fingerprint density at radius 2 is 2.07 bits per heavy atom. The fourth-order valence-corrected chi connectivity index (χ4v) is 3.75. The Labute approximate surface area is 185 Å². The van der Waals surface area contributed by atoms with E-state index in [0.29, 0.717) is 26.2 Å². The lowest BCUT2D eigenvalue weighted by atomic mass is 9.95. The van der Waals surface area contributed by atoms with Crippen LogP contribution in [0.1, 0.15) is 22.7 Å². The molecule has 1 aromatic carbocycles. The maximum atomic E-state index is 9.41. The summed E-state index contributed by atoms with van der Waals surface area (Å²) in [5, 5.41) is 32.5. The van der Waals surface area contributed by atoms with Crippen LogP contribution in [0, 0.1) is 37.7 Å². The molecular formula is C18H14IN9O2. The van der Waals surface area contributed by atoms with Crippen LogP contribution in [0.15, 0.2) is 17.1 Å². The summed E-state index contributed by atoms with van der Waals surface area (Å²) in [6.45, 7) is -0.141. The van der Waals surface area contributed by atoms with Gasteiger partial charge in [0, 0.05) is 5.56 Å². The van der Waals surface area contributed by atoms with Crippen LogP contribution >= 0.6 is 22.6 Å². The van der Waals surface area contributed by atoms with E-state index in [1.54, 1.807) is 18.3 Å². The Balaban J connectivity index is 2.23. The molecule has 150 valence electrons. The van der Waals surface area contributed by atoms with E-state index in [4.69, 9.17) is 31.5 Å². The number of halogens is 1. The summed E-state index contributed by atoms with van der Waals surface area (Å²) in [6.07, 6.45) is 1.80. The number of nitrogen functional groups attached to an aromatic ring is 2. The molecule has 6 N–H and O–H groups in total. The minimum atomic E-state index is -0.718. The number of fused-ring (bicyclic) bond motifs is 1. The molecule has 1 aromatic heterocycles. The molecule has 1 aliphatic heterocycles. The predicted octanol–water partition coefficient (Wildman–Crippen LogP) is 1.57. The van der Waals surface area contributed by atoms with Crippen molar-refractivity contribution in [2.24, 2.45) is 4.99 Å². The normalized spacial score (nSPS) is 14.1. The van der Waals surface area contributed by atoms with E-state index in [2.05, 4.69) is 43.2 Å². The topological polar surface area (TPSA) is 191 Å². The van der Waals surface area contributed by atoms with Gasteiger partial charge in [0.15, 0.2) is 24.3 Å². The number of nitrogens with two attached hydrogens (primary N) is 2. The zero-order valence-corrected chi connectivity index (χ0v) is 17.7. The monoisotopic (exact) mass is 515 g/mol. The first kappa shape index (κ1) is 20.8. The molecule has 2 aromatic rings. The van der Waals surface area contributed by atoms with Crippen molar-refractivity contribution in [1.82, 2.24) is 10.3 Å². The van der Waals surface area contributed by atoms with E-state index in [-0.39, 0.29) is 35.5 Å². The summed E-state index contributed by atoms with van der Waals surface area (Å²) >= 11 is 2.05. The first-order valence-corrected chi connectivity index (χ1v) is 9.39. The maximum Gasteiger partial charge on any atom is 0.211 e. The third-order valence-corrected chi connectivity index (χ3v) is 5.01. The second-order valence-electron chi connectivity index (χ2n) is 5.88. The van der Waals surface area contributed by atoms with E-state index >= 15 is 0 Å². The molecule has 0 fully saturated rings. The third kappa shape index (κ3) is 3.66. The van der Waals surface area contributed by atoms with E-state index in [0.717, 1.165) is 0 Å². The van der Waals surface area contributed by atoms with Gasteiger partial charge in [-0.15, -0.1) is 0 Å². The number of pyridine rings is 1. The van der Waals surface area contributed by atoms with Crippen molar-refractivity contribution >= 4 is 45.9 Å². The minimum absolute atomic E-state index is 0.0365. The standard InChI is InChI=1S/C18H14IN9O2/c1-29-11-5-8(4-10(19)15(11)30-3-2-20)14-12-13(23)9(6-21)16(24)27-17(12)28-18(26-14)25-7-22/h4-5,14H,3H2,1H3,(H6,23,24,25,26,27,28). The van der Waals surface area contributed by atoms with Crippen LogP contribution in [0.4, 0.5) is 17.3 Å². The fourth-order valence-electron chi connectivity index (χ4n) is 2.96. The number of aliphatic imine (C=N–C) groups is 1. The average molecular weight is 515 g/mol. The molecule has 0 bridgehead atoms. The molecule has 1 atom stereocenters. The Morgan fingerprint density at radius 3 is 2.70 bits per heavy atom. The Kier molecular flexibility index (Phi) is 5.95. The van der Waals surface area contributed by atoms with Crippen molar-refractivity contribution in [3.63, 3.8) is 0 Å². The number of methoxy groups -OCH3 is 1. The van der Waals surface area contributed by atoms with Gasteiger partial charge in [-0.25, -0.2) is 9.98 Å². The molecule has 0 aliphatic carbocycles. The molecule has 11 nitrogen and oxygen atoms in total. The van der Waals surface area contributed by atoms with Crippen LogP contribution in [0.3, 0.4) is 0 Å². The number of nitriles is 3. The average Bonchev–Trinajstić information content (AvgIpc) is 2.72. The zero-order chi connectivity index (χ0) is 21.8. The molecular weight excluding hydrogens is 501 g/mol. The highest BCUT2D eigenvalue weighted by Crippen LogP contribution is 2.43. The number of nitrogens with one attached hydrogen (secondary N) is 2. The highest BCUT2D eigenvalue weighted by Gasteiger charge is 2.30. The van der Waals surface area contributed by atoms with Crippen LogP contribution in [-0.2, 0) is 0 Å². The van der Waals surface area contributed by atoms with Gasteiger partial charge >= 0.3 is 0 Å². The second kappa shape index (κ2) is 8.59. The highest BCUT2D eigenvalue weighted by atomic mass is 127. The van der Waals surface area contributed by atoms with Gasteiger partial charge in [0.1, 0.15) is 35.4 Å². The number of aromatic nitrogens is 1. The molecule has 30 heavy (non-hydrogen) atoms. The smallest absolute Gasteiger partial charge is 0.211 e. The highest BCUT2D eigenvalue weighted by molar-refractivity contribution is 14.1. The lowest BCUT2D eigenvalue weighted by Crippen LogP contribution is -2.32. The number of hydrogen-bond acceptors (Lipinski definition) is 11. The van der Waals surface area contributed by atoms with Crippen molar-refractivity contribution < 1.29 is 9.47 Å². The molecule has 0 amide bonds. The Hall–Kier alpha value is -3.96. The van der Waals surface area contributed by atoms with Crippen molar-refractivity contribution in [1.29, 1.82) is 15.8 Å². The minimum Gasteiger partial charge on any atom is -0.493 e. The summed E-state index contributed by atoms with van der Waals surface area (Å²) in [7, 11) is 1.47. The molecule has 1 unspecified atom stereocenters. The van der Waals surface area contributed by atoms with Crippen LogP contribution in [0.2, 0.25) is 0 Å². The molecule has 0 spiro atoms. The summed E-state index contributed by atoms with van der Waals surface area (Å²) in [6, 6.07) is 6.62. The van der Waals surface area contributed by atoms with Crippen LogP contribution in [-0.4, -0.2) is 24.7 Å². The molecule has 1 aliphatic rings. The quantitative estimate of drug-likeness (QED) is 0.264. The fraction of sp³-hybridized carbons (Fsp3) is 0.167. The van der Waals surface area contributed by atoms with Crippen molar-refractivity contribution in [3.8, 4) is 29.8 Å². The van der Waals surface area contributed by atoms with Gasteiger partial charge in [-0.3, -0.25) is 5.32 Å². The number of guanidine groups is 1. The first-order valence-electron chi connectivity index (χ1n) is 8.31. The van der Waals surface area contributed by atoms with Crippen LogP contribution in [0.25, 0.3) is 0 Å². The van der Waals surface area contributed by atoms with Gasteiger partial charge in [-0.05, 0) is 40.3 Å². The number of hydrogen-bond donors (Lipinski definition) is 4. The lowest BCUT2D eigenvalue weighted by Gasteiger charge is -2.26.